The van der Waals surface area contributed by atoms with E-state index < -0.39 is 0 Å². The molecule has 0 unspecified atom stereocenters. The van der Waals surface area contributed by atoms with E-state index in [1.165, 1.54) is 0 Å². The third kappa shape index (κ3) is 2.17. The van der Waals surface area contributed by atoms with Gasteiger partial charge < -0.3 is 10.9 Å². The number of benzene rings is 2. The minimum absolute atomic E-state index is 0.215. The molecular weight excluding hydrogens is 268 g/mol. The lowest BCUT2D eigenvalue weighted by atomic mass is 10.0. The molecule has 0 saturated carbocycles. The minimum Gasteiger partial charge on any atom is -0.409 e. The summed E-state index contributed by atoms with van der Waals surface area (Å²) in [6.07, 6.45) is 0.449. The van der Waals surface area contributed by atoms with Crippen LogP contribution in [-0.2, 0) is 6.42 Å². The third-order valence-corrected chi connectivity index (χ3v) is 2.93. The van der Waals surface area contributed by atoms with E-state index in [1.807, 2.05) is 36.4 Å². The van der Waals surface area contributed by atoms with Crippen LogP contribution in [0.1, 0.15) is 5.56 Å². The topological polar surface area (TPSA) is 58.6 Å². The van der Waals surface area contributed by atoms with Crippen LogP contribution in [0.4, 0.5) is 0 Å². The molecule has 16 heavy (non-hydrogen) atoms. The molecule has 82 valence electrons. The van der Waals surface area contributed by atoms with Crippen LogP contribution in [0, 0.1) is 0 Å². The van der Waals surface area contributed by atoms with Crippen LogP contribution >= 0.6 is 15.9 Å². The summed E-state index contributed by atoms with van der Waals surface area (Å²) < 4.78 is 1.02. The number of halogens is 1. The first-order valence-electron chi connectivity index (χ1n) is 4.84. The molecule has 4 heteroatoms. The van der Waals surface area contributed by atoms with Crippen molar-refractivity contribution in [1.82, 2.24) is 0 Å². The molecule has 3 nitrogen and oxygen atoms in total. The Morgan fingerprint density at radius 1 is 1.31 bits per heavy atom. The molecule has 0 aromatic heterocycles. The summed E-state index contributed by atoms with van der Waals surface area (Å²) in [4.78, 5) is 0. The Hall–Kier alpha value is -1.55. The van der Waals surface area contributed by atoms with Crippen LogP contribution in [0.15, 0.2) is 46.0 Å². The van der Waals surface area contributed by atoms with Gasteiger partial charge in [0, 0.05) is 10.9 Å². The number of rotatable bonds is 2. The maximum atomic E-state index is 8.58. The van der Waals surface area contributed by atoms with Gasteiger partial charge in [-0.25, -0.2) is 0 Å². The van der Waals surface area contributed by atoms with Crippen molar-refractivity contribution >= 4 is 32.5 Å². The average molecular weight is 279 g/mol. The van der Waals surface area contributed by atoms with Gasteiger partial charge in [-0.1, -0.05) is 45.4 Å². The smallest absolute Gasteiger partial charge is 0.143 e. The fraction of sp³-hybridized carbons (Fsp3) is 0.0833. The number of amidine groups is 1. The van der Waals surface area contributed by atoms with Crippen LogP contribution in [0.5, 0.6) is 0 Å². The van der Waals surface area contributed by atoms with Crippen molar-refractivity contribution in [1.29, 1.82) is 0 Å². The standard InChI is InChI=1S/C12H11BrN2O/c13-10-5-4-8-2-1-3-9(11(8)7-10)6-12(14)15-16/h1-5,7,16H,6H2,(H2,14,15). The molecule has 0 radical (unpaired) electrons. The number of nitrogens with zero attached hydrogens (tertiary/aromatic N) is 1. The maximum absolute atomic E-state index is 8.58. The summed E-state index contributed by atoms with van der Waals surface area (Å²) in [5.74, 6) is 0.215. The molecule has 0 aliphatic carbocycles. The molecule has 0 atom stereocenters. The molecule has 0 spiro atoms. The first-order chi connectivity index (χ1) is 7.70. The second kappa shape index (κ2) is 4.53. The van der Waals surface area contributed by atoms with E-state index in [0.717, 1.165) is 20.8 Å². The SMILES string of the molecule is NC(Cc1cccc2ccc(Br)cc12)=NO. The molecule has 0 amide bonds. The number of oxime groups is 1. The molecule has 0 aliphatic rings. The molecular formula is C12H11BrN2O. The molecule has 0 aliphatic heterocycles. The molecule has 0 fully saturated rings. The van der Waals surface area contributed by atoms with Gasteiger partial charge in [-0.15, -0.1) is 0 Å². The maximum Gasteiger partial charge on any atom is 0.143 e. The second-order valence-electron chi connectivity index (χ2n) is 3.55. The highest BCUT2D eigenvalue weighted by Gasteiger charge is 2.03. The highest BCUT2D eigenvalue weighted by molar-refractivity contribution is 9.10. The lowest BCUT2D eigenvalue weighted by Gasteiger charge is -2.06. The fourth-order valence-corrected chi connectivity index (χ4v) is 2.06. The normalized spacial score (nSPS) is 11.9. The molecule has 2 rings (SSSR count). The van der Waals surface area contributed by atoms with Gasteiger partial charge in [0.1, 0.15) is 5.84 Å². The molecule has 0 saturated heterocycles. The highest BCUT2D eigenvalue weighted by Crippen LogP contribution is 2.23. The Bertz CT molecular complexity index is 552. The zero-order valence-electron chi connectivity index (χ0n) is 8.52. The zero-order valence-corrected chi connectivity index (χ0v) is 10.1. The van der Waals surface area contributed by atoms with E-state index in [9.17, 15) is 0 Å². The van der Waals surface area contributed by atoms with Crippen LogP contribution in [0.3, 0.4) is 0 Å². The summed E-state index contributed by atoms with van der Waals surface area (Å²) in [6.45, 7) is 0. The lowest BCUT2D eigenvalue weighted by Crippen LogP contribution is -2.14. The zero-order chi connectivity index (χ0) is 11.5. The van der Waals surface area contributed by atoms with E-state index in [2.05, 4.69) is 21.1 Å². The van der Waals surface area contributed by atoms with E-state index >= 15 is 0 Å². The summed E-state index contributed by atoms with van der Waals surface area (Å²) in [5, 5.41) is 13.8. The van der Waals surface area contributed by atoms with Crippen molar-refractivity contribution in [3.8, 4) is 0 Å². The van der Waals surface area contributed by atoms with Crippen LogP contribution in [0.25, 0.3) is 10.8 Å². The molecule has 3 N–H and O–H groups in total. The Morgan fingerprint density at radius 2 is 2.12 bits per heavy atom. The number of hydrogen-bond acceptors (Lipinski definition) is 2. The van der Waals surface area contributed by atoms with Gasteiger partial charge >= 0.3 is 0 Å². The number of fused-ring (bicyclic) bond motifs is 1. The lowest BCUT2D eigenvalue weighted by molar-refractivity contribution is 0.317. The molecule has 2 aromatic rings. The van der Waals surface area contributed by atoms with Crippen LogP contribution < -0.4 is 5.73 Å². The monoisotopic (exact) mass is 278 g/mol. The van der Waals surface area contributed by atoms with Crippen molar-refractivity contribution in [2.75, 3.05) is 0 Å². The fourth-order valence-electron chi connectivity index (χ4n) is 1.69. The predicted octanol–water partition coefficient (Wildman–Crippen LogP) is 2.89. The van der Waals surface area contributed by atoms with Crippen molar-refractivity contribution in [3.63, 3.8) is 0 Å². The predicted molar refractivity (Wildman–Crippen MR) is 68.8 cm³/mol. The first-order valence-corrected chi connectivity index (χ1v) is 5.63. The molecule has 0 heterocycles. The molecule has 0 bridgehead atoms. The van der Waals surface area contributed by atoms with E-state index in [4.69, 9.17) is 10.9 Å². The summed E-state index contributed by atoms with van der Waals surface area (Å²) >= 11 is 3.44. The van der Waals surface area contributed by atoms with E-state index in [-0.39, 0.29) is 5.84 Å². The van der Waals surface area contributed by atoms with Gasteiger partial charge in [0.15, 0.2) is 0 Å². The van der Waals surface area contributed by atoms with Gasteiger partial charge in [-0.3, -0.25) is 0 Å². The van der Waals surface area contributed by atoms with Gasteiger partial charge in [0.25, 0.3) is 0 Å². The Kier molecular flexibility index (Phi) is 3.10. The van der Waals surface area contributed by atoms with Gasteiger partial charge in [-0.05, 0) is 28.5 Å². The van der Waals surface area contributed by atoms with Gasteiger partial charge in [-0.2, -0.15) is 0 Å². The number of nitrogens with two attached hydrogens (primary N) is 1. The summed E-state index contributed by atoms with van der Waals surface area (Å²) in [5.41, 5.74) is 6.57. The van der Waals surface area contributed by atoms with Crippen LogP contribution in [0.2, 0.25) is 0 Å². The van der Waals surface area contributed by atoms with Gasteiger partial charge in [0.05, 0.1) is 0 Å². The van der Waals surface area contributed by atoms with Crippen molar-refractivity contribution in [2.45, 2.75) is 6.42 Å². The first kappa shape index (κ1) is 11.0. The Balaban J connectivity index is 2.56. The average Bonchev–Trinajstić information content (AvgIpc) is 2.29. The van der Waals surface area contributed by atoms with Crippen molar-refractivity contribution in [2.24, 2.45) is 10.9 Å². The van der Waals surface area contributed by atoms with Crippen LogP contribution in [-0.4, -0.2) is 11.0 Å². The van der Waals surface area contributed by atoms with E-state index in [0.29, 0.717) is 6.42 Å². The summed E-state index contributed by atoms with van der Waals surface area (Å²) in [7, 11) is 0. The highest BCUT2D eigenvalue weighted by atomic mass is 79.9. The third-order valence-electron chi connectivity index (χ3n) is 2.43. The Labute approximate surface area is 102 Å². The second-order valence-corrected chi connectivity index (χ2v) is 4.47. The molecule has 2 aromatic carbocycles. The van der Waals surface area contributed by atoms with Gasteiger partial charge in [0.2, 0.25) is 0 Å². The van der Waals surface area contributed by atoms with E-state index in [1.54, 1.807) is 0 Å². The number of hydrogen-bond donors (Lipinski definition) is 2. The van der Waals surface area contributed by atoms with Crippen molar-refractivity contribution in [3.05, 3.63) is 46.4 Å². The quantitative estimate of drug-likeness (QED) is 0.384. The summed E-state index contributed by atoms with van der Waals surface area (Å²) in [6, 6.07) is 12.1. The van der Waals surface area contributed by atoms with Crippen molar-refractivity contribution < 1.29 is 5.21 Å². The Morgan fingerprint density at radius 3 is 2.88 bits per heavy atom. The minimum atomic E-state index is 0.215. The largest absolute Gasteiger partial charge is 0.409 e.